The number of nitrogens with zero attached hydrogens (tertiary/aromatic N) is 3. The van der Waals surface area contributed by atoms with Crippen molar-refractivity contribution < 1.29 is 18.2 Å². The van der Waals surface area contributed by atoms with Crippen LogP contribution in [0.3, 0.4) is 0 Å². The Morgan fingerprint density at radius 1 is 1.11 bits per heavy atom. The van der Waals surface area contributed by atoms with Crippen LogP contribution in [-0.4, -0.2) is 27.7 Å². The Kier molecular flexibility index (Phi) is 4.75. The highest BCUT2D eigenvalue weighted by atomic mass is 19.1. The van der Waals surface area contributed by atoms with Gasteiger partial charge in [-0.25, -0.2) is 4.39 Å². The van der Waals surface area contributed by atoms with Gasteiger partial charge < -0.3 is 13.9 Å². The zero-order chi connectivity index (χ0) is 18.8. The van der Waals surface area contributed by atoms with Gasteiger partial charge >= 0.3 is 0 Å². The van der Waals surface area contributed by atoms with Crippen LogP contribution < -0.4 is 0 Å². The molecule has 6 nitrogen and oxygen atoms in total. The van der Waals surface area contributed by atoms with Gasteiger partial charge in [-0.3, -0.25) is 4.79 Å². The van der Waals surface area contributed by atoms with Crippen LogP contribution in [-0.2, 0) is 0 Å². The Balaban J connectivity index is 1.63. The lowest BCUT2D eigenvalue weighted by atomic mass is 10.1. The van der Waals surface area contributed by atoms with E-state index in [1.165, 1.54) is 12.1 Å². The van der Waals surface area contributed by atoms with Crippen LogP contribution in [0, 0.1) is 12.7 Å². The molecule has 2 aromatic heterocycles. The molecule has 1 unspecified atom stereocenters. The topological polar surface area (TPSA) is 72.4 Å². The molecule has 0 saturated carbocycles. The summed E-state index contributed by atoms with van der Waals surface area (Å²) in [7, 11) is 0. The monoisotopic (exact) mass is 369 g/mol. The first-order valence-corrected chi connectivity index (χ1v) is 9.08. The fourth-order valence-corrected chi connectivity index (χ4v) is 3.46. The Hall–Kier alpha value is -2.96. The van der Waals surface area contributed by atoms with E-state index in [1.54, 1.807) is 30.0 Å². The van der Waals surface area contributed by atoms with E-state index in [-0.39, 0.29) is 23.5 Å². The first-order valence-electron chi connectivity index (χ1n) is 9.08. The fourth-order valence-electron chi connectivity index (χ4n) is 3.46. The number of benzene rings is 1. The van der Waals surface area contributed by atoms with Crippen LogP contribution in [0.25, 0.3) is 11.3 Å². The summed E-state index contributed by atoms with van der Waals surface area (Å²) in [6.45, 7) is 2.40. The van der Waals surface area contributed by atoms with E-state index < -0.39 is 0 Å². The third kappa shape index (κ3) is 3.63. The van der Waals surface area contributed by atoms with E-state index in [1.807, 2.05) is 6.07 Å². The molecule has 0 N–H and O–H groups in total. The number of likely N-dealkylation sites (tertiary alicyclic amines) is 1. The van der Waals surface area contributed by atoms with Gasteiger partial charge in [-0.15, -0.1) is 0 Å². The van der Waals surface area contributed by atoms with E-state index in [0.717, 1.165) is 31.2 Å². The molecule has 1 aliphatic heterocycles. The van der Waals surface area contributed by atoms with Crippen molar-refractivity contribution in [3.63, 3.8) is 0 Å². The largest absolute Gasteiger partial charge is 0.359 e. The first-order chi connectivity index (χ1) is 13.1. The lowest BCUT2D eigenvalue weighted by molar-refractivity contribution is 0.0609. The molecule has 0 spiro atoms. The second-order valence-electron chi connectivity index (χ2n) is 6.82. The molecule has 3 heterocycles. The average Bonchev–Trinajstić information content (AvgIpc) is 3.25. The first kappa shape index (κ1) is 17.5. The number of halogens is 1. The Morgan fingerprint density at radius 3 is 2.67 bits per heavy atom. The lowest BCUT2D eigenvalue weighted by Gasteiger charge is -2.27. The van der Waals surface area contributed by atoms with Gasteiger partial charge in [0.15, 0.2) is 5.76 Å². The molecule has 1 aliphatic rings. The summed E-state index contributed by atoms with van der Waals surface area (Å²) < 4.78 is 23.9. The normalized spacial score (nSPS) is 17.7. The number of amides is 1. The summed E-state index contributed by atoms with van der Waals surface area (Å²) in [5.41, 5.74) is 2.06. The van der Waals surface area contributed by atoms with Gasteiger partial charge in [-0.2, -0.15) is 0 Å². The minimum absolute atomic E-state index is 0.192. The zero-order valence-corrected chi connectivity index (χ0v) is 15.0. The van der Waals surface area contributed by atoms with Crippen molar-refractivity contribution in [2.24, 2.45) is 0 Å². The number of hydrogen-bond donors (Lipinski definition) is 0. The number of carbonyl (C=O) groups excluding carboxylic acids is 1. The number of aryl methyl sites for hydroxylation is 1. The van der Waals surface area contributed by atoms with Gasteiger partial charge in [0.2, 0.25) is 5.76 Å². The van der Waals surface area contributed by atoms with E-state index in [2.05, 4.69) is 10.3 Å². The predicted molar refractivity (Wildman–Crippen MR) is 95.4 cm³/mol. The molecule has 1 aromatic carbocycles. The second-order valence-corrected chi connectivity index (χ2v) is 6.82. The van der Waals surface area contributed by atoms with E-state index in [4.69, 9.17) is 9.05 Å². The standard InChI is InChI=1S/C20H20FN3O3/c1-13-11-19(27-22-13)20(25)24-10-4-2-3-5-17(24)18-12-16(23-26-18)14-6-8-15(21)9-7-14/h6-9,11-12,17H,2-5,10H2,1H3. The summed E-state index contributed by atoms with van der Waals surface area (Å²) in [5, 5.41) is 7.94. The summed E-state index contributed by atoms with van der Waals surface area (Å²) in [4.78, 5) is 14.7. The van der Waals surface area contributed by atoms with Crippen LogP contribution in [0.4, 0.5) is 4.39 Å². The van der Waals surface area contributed by atoms with Crippen LogP contribution >= 0.6 is 0 Å². The fraction of sp³-hybridized carbons (Fsp3) is 0.350. The molecule has 1 amide bonds. The van der Waals surface area contributed by atoms with Gasteiger partial charge in [0.1, 0.15) is 11.5 Å². The Bertz CT molecular complexity index is 932. The molecule has 27 heavy (non-hydrogen) atoms. The van der Waals surface area contributed by atoms with Crippen LogP contribution in [0.5, 0.6) is 0 Å². The molecule has 0 radical (unpaired) electrons. The van der Waals surface area contributed by atoms with Crippen LogP contribution in [0.1, 0.15) is 53.7 Å². The SMILES string of the molecule is Cc1cc(C(=O)N2CCCCCC2c2cc(-c3ccc(F)cc3)no2)on1. The predicted octanol–water partition coefficient (Wildman–Crippen LogP) is 4.53. The van der Waals surface area contributed by atoms with Crippen LogP contribution in [0.2, 0.25) is 0 Å². The Labute approximate surface area is 155 Å². The lowest BCUT2D eigenvalue weighted by Crippen LogP contribution is -2.34. The van der Waals surface area contributed by atoms with E-state index in [0.29, 0.717) is 23.7 Å². The third-order valence-corrected chi connectivity index (χ3v) is 4.85. The number of carbonyl (C=O) groups is 1. The maximum Gasteiger partial charge on any atom is 0.293 e. The molecule has 140 valence electrons. The molecule has 1 atom stereocenters. The van der Waals surface area contributed by atoms with Gasteiger partial charge in [0.05, 0.1) is 11.7 Å². The average molecular weight is 369 g/mol. The molecule has 4 rings (SSSR count). The maximum atomic E-state index is 13.1. The van der Waals surface area contributed by atoms with Gasteiger partial charge in [-0.05, 0) is 44.0 Å². The smallest absolute Gasteiger partial charge is 0.293 e. The molecule has 0 aliphatic carbocycles. The van der Waals surface area contributed by atoms with E-state index >= 15 is 0 Å². The second kappa shape index (κ2) is 7.34. The molecule has 3 aromatic rings. The highest BCUT2D eigenvalue weighted by Crippen LogP contribution is 2.33. The summed E-state index contributed by atoms with van der Waals surface area (Å²) in [5.74, 6) is 0.367. The van der Waals surface area contributed by atoms with Crippen molar-refractivity contribution in [1.82, 2.24) is 15.2 Å². The highest BCUT2D eigenvalue weighted by molar-refractivity contribution is 5.91. The quantitative estimate of drug-likeness (QED) is 0.678. The molecule has 7 heteroatoms. The number of aromatic nitrogens is 2. The third-order valence-electron chi connectivity index (χ3n) is 4.85. The van der Waals surface area contributed by atoms with Crippen molar-refractivity contribution in [3.05, 3.63) is 59.4 Å². The zero-order valence-electron chi connectivity index (χ0n) is 15.0. The molecular formula is C20H20FN3O3. The molecule has 1 saturated heterocycles. The highest BCUT2D eigenvalue weighted by Gasteiger charge is 2.32. The van der Waals surface area contributed by atoms with Gasteiger partial charge in [0, 0.05) is 24.2 Å². The van der Waals surface area contributed by atoms with Crippen molar-refractivity contribution in [2.75, 3.05) is 6.54 Å². The molecule has 1 fully saturated rings. The van der Waals surface area contributed by atoms with Gasteiger partial charge in [0.25, 0.3) is 5.91 Å². The molecular weight excluding hydrogens is 349 g/mol. The maximum absolute atomic E-state index is 13.1. The summed E-state index contributed by atoms with van der Waals surface area (Å²) in [6.07, 6.45) is 3.76. The molecule has 0 bridgehead atoms. The van der Waals surface area contributed by atoms with Crippen molar-refractivity contribution in [2.45, 2.75) is 38.6 Å². The van der Waals surface area contributed by atoms with Crippen molar-refractivity contribution >= 4 is 5.91 Å². The minimum atomic E-state index is -0.301. The number of rotatable bonds is 3. The Morgan fingerprint density at radius 2 is 1.93 bits per heavy atom. The van der Waals surface area contributed by atoms with Gasteiger partial charge in [-0.1, -0.05) is 23.2 Å². The summed E-state index contributed by atoms with van der Waals surface area (Å²) >= 11 is 0. The van der Waals surface area contributed by atoms with Crippen molar-refractivity contribution in [3.8, 4) is 11.3 Å². The van der Waals surface area contributed by atoms with Crippen molar-refractivity contribution in [1.29, 1.82) is 0 Å². The van der Waals surface area contributed by atoms with Crippen LogP contribution in [0.15, 0.2) is 45.4 Å². The summed E-state index contributed by atoms with van der Waals surface area (Å²) in [6, 6.07) is 9.35. The minimum Gasteiger partial charge on any atom is -0.359 e. The van der Waals surface area contributed by atoms with E-state index in [9.17, 15) is 9.18 Å². The number of hydrogen-bond acceptors (Lipinski definition) is 5.